The van der Waals surface area contributed by atoms with Crippen molar-refractivity contribution in [2.24, 2.45) is 0 Å². The molecule has 2 N–H and O–H groups in total. The third-order valence-corrected chi connectivity index (χ3v) is 5.03. The zero-order chi connectivity index (χ0) is 16.2. The molecular weight excluding hydrogens is 292 g/mol. The Kier molecular flexibility index (Phi) is 5.18. The fourth-order valence-electron chi connectivity index (χ4n) is 3.81. The van der Waals surface area contributed by atoms with Crippen LogP contribution in [0.15, 0.2) is 24.3 Å². The van der Waals surface area contributed by atoms with E-state index >= 15 is 0 Å². The van der Waals surface area contributed by atoms with Gasteiger partial charge in [-0.2, -0.15) is 0 Å². The fourth-order valence-corrected chi connectivity index (χ4v) is 3.81. The van der Waals surface area contributed by atoms with E-state index in [9.17, 15) is 9.90 Å². The van der Waals surface area contributed by atoms with Gasteiger partial charge in [0.05, 0.1) is 25.7 Å². The highest BCUT2D eigenvalue weighted by atomic mass is 16.5. The number of hydrogen-bond acceptors (Lipinski definition) is 4. The molecule has 23 heavy (non-hydrogen) atoms. The van der Waals surface area contributed by atoms with E-state index in [1.54, 1.807) is 7.11 Å². The SMILES string of the molecule is COc1cccc(CC(=O)N[C@@H]2CC[C@@H](N3CCCC3)[C@@H]2O)c1. The van der Waals surface area contributed by atoms with Crippen LogP contribution in [0.4, 0.5) is 0 Å². The van der Waals surface area contributed by atoms with E-state index in [4.69, 9.17) is 4.74 Å². The van der Waals surface area contributed by atoms with Crippen LogP contribution in [0.5, 0.6) is 5.75 Å². The lowest BCUT2D eigenvalue weighted by Crippen LogP contribution is -2.48. The molecule has 1 aromatic rings. The molecule has 1 aliphatic carbocycles. The number of carbonyl (C=O) groups is 1. The van der Waals surface area contributed by atoms with E-state index in [1.807, 2.05) is 24.3 Å². The van der Waals surface area contributed by atoms with E-state index in [2.05, 4.69) is 10.2 Å². The number of benzene rings is 1. The quantitative estimate of drug-likeness (QED) is 0.860. The van der Waals surface area contributed by atoms with E-state index in [1.165, 1.54) is 12.8 Å². The van der Waals surface area contributed by atoms with Crippen molar-refractivity contribution >= 4 is 5.91 Å². The summed E-state index contributed by atoms with van der Waals surface area (Å²) in [6.07, 6.45) is 4.11. The van der Waals surface area contributed by atoms with Gasteiger partial charge in [-0.25, -0.2) is 0 Å². The van der Waals surface area contributed by atoms with Gasteiger partial charge in [-0.1, -0.05) is 12.1 Å². The van der Waals surface area contributed by atoms with Gasteiger partial charge in [0.2, 0.25) is 5.91 Å². The van der Waals surface area contributed by atoms with Gasteiger partial charge >= 0.3 is 0 Å². The smallest absolute Gasteiger partial charge is 0.224 e. The number of amides is 1. The summed E-state index contributed by atoms with van der Waals surface area (Å²) in [6, 6.07) is 7.62. The number of rotatable bonds is 5. The molecule has 0 bridgehead atoms. The molecule has 5 heteroatoms. The molecule has 0 radical (unpaired) electrons. The molecule has 3 atom stereocenters. The molecule has 5 nitrogen and oxygen atoms in total. The van der Waals surface area contributed by atoms with Crippen LogP contribution in [-0.2, 0) is 11.2 Å². The molecule has 1 heterocycles. The zero-order valence-corrected chi connectivity index (χ0v) is 13.7. The third-order valence-electron chi connectivity index (χ3n) is 5.03. The summed E-state index contributed by atoms with van der Waals surface area (Å²) in [5.74, 6) is 0.717. The predicted octanol–water partition coefficient (Wildman–Crippen LogP) is 1.34. The van der Waals surface area contributed by atoms with Crippen molar-refractivity contribution in [1.29, 1.82) is 0 Å². The van der Waals surface area contributed by atoms with Crippen LogP contribution >= 0.6 is 0 Å². The fraction of sp³-hybridized carbons (Fsp3) is 0.611. The number of nitrogens with one attached hydrogen (secondary N) is 1. The van der Waals surface area contributed by atoms with Crippen LogP contribution in [0.2, 0.25) is 0 Å². The van der Waals surface area contributed by atoms with Gasteiger partial charge in [0.25, 0.3) is 0 Å². The van der Waals surface area contributed by atoms with Crippen LogP contribution in [0.3, 0.4) is 0 Å². The second-order valence-corrected chi connectivity index (χ2v) is 6.58. The van der Waals surface area contributed by atoms with Gasteiger partial charge in [0.15, 0.2) is 0 Å². The van der Waals surface area contributed by atoms with Crippen molar-refractivity contribution in [3.8, 4) is 5.75 Å². The lowest BCUT2D eigenvalue weighted by molar-refractivity contribution is -0.121. The highest BCUT2D eigenvalue weighted by Gasteiger charge is 2.39. The van der Waals surface area contributed by atoms with Crippen LogP contribution in [0.25, 0.3) is 0 Å². The normalized spacial score (nSPS) is 28.0. The molecular formula is C18H26N2O3. The number of ether oxygens (including phenoxy) is 1. The highest BCUT2D eigenvalue weighted by molar-refractivity contribution is 5.79. The van der Waals surface area contributed by atoms with Crippen LogP contribution < -0.4 is 10.1 Å². The molecule has 1 amide bonds. The summed E-state index contributed by atoms with van der Waals surface area (Å²) in [5, 5.41) is 13.5. The standard InChI is InChI=1S/C18H26N2O3/c1-23-14-6-4-5-13(11-14)12-17(21)19-15-7-8-16(18(15)22)20-9-2-3-10-20/h4-6,11,15-16,18,22H,2-3,7-10,12H2,1H3,(H,19,21)/t15-,16-,18-/m1/s1. The molecule has 2 aliphatic rings. The summed E-state index contributed by atoms with van der Waals surface area (Å²) in [5.41, 5.74) is 0.922. The van der Waals surface area contributed by atoms with Gasteiger partial charge in [0.1, 0.15) is 5.75 Å². The topological polar surface area (TPSA) is 61.8 Å². The van der Waals surface area contributed by atoms with E-state index < -0.39 is 6.10 Å². The van der Waals surface area contributed by atoms with Gasteiger partial charge in [0, 0.05) is 6.04 Å². The van der Waals surface area contributed by atoms with Gasteiger partial charge in [-0.05, 0) is 56.5 Å². The monoisotopic (exact) mass is 318 g/mol. The predicted molar refractivity (Wildman–Crippen MR) is 88.5 cm³/mol. The van der Waals surface area contributed by atoms with Gasteiger partial charge in [-0.15, -0.1) is 0 Å². The van der Waals surface area contributed by atoms with E-state index in [0.29, 0.717) is 6.42 Å². The number of methoxy groups -OCH3 is 1. The van der Waals surface area contributed by atoms with E-state index in [-0.39, 0.29) is 18.0 Å². The molecule has 3 rings (SSSR count). The molecule has 126 valence electrons. The summed E-state index contributed by atoms with van der Waals surface area (Å²) >= 11 is 0. The molecule has 0 aromatic heterocycles. The molecule has 1 aromatic carbocycles. The van der Waals surface area contributed by atoms with Crippen LogP contribution in [0.1, 0.15) is 31.2 Å². The first-order chi connectivity index (χ1) is 11.2. The van der Waals surface area contributed by atoms with E-state index in [0.717, 1.165) is 37.2 Å². The lowest BCUT2D eigenvalue weighted by atomic mass is 10.1. The van der Waals surface area contributed by atoms with Crippen molar-refractivity contribution in [3.05, 3.63) is 29.8 Å². The Balaban J connectivity index is 1.53. The van der Waals surface area contributed by atoms with Crippen LogP contribution in [0, 0.1) is 0 Å². The highest BCUT2D eigenvalue weighted by Crippen LogP contribution is 2.27. The maximum absolute atomic E-state index is 12.3. The van der Waals surface area contributed by atoms with Crippen molar-refractivity contribution < 1.29 is 14.6 Å². The van der Waals surface area contributed by atoms with Crippen molar-refractivity contribution in [3.63, 3.8) is 0 Å². The first kappa shape index (κ1) is 16.3. The number of hydrogen-bond donors (Lipinski definition) is 2. The molecule has 1 aliphatic heterocycles. The average Bonchev–Trinajstić information content (AvgIpc) is 3.18. The largest absolute Gasteiger partial charge is 0.497 e. The minimum atomic E-state index is -0.456. The first-order valence-electron chi connectivity index (χ1n) is 8.52. The Bertz CT molecular complexity index is 543. The molecule has 1 saturated carbocycles. The zero-order valence-electron chi connectivity index (χ0n) is 13.7. The van der Waals surface area contributed by atoms with Crippen molar-refractivity contribution in [2.45, 2.75) is 50.3 Å². The number of aliphatic hydroxyl groups excluding tert-OH is 1. The number of nitrogens with zero attached hydrogens (tertiary/aromatic N) is 1. The second-order valence-electron chi connectivity index (χ2n) is 6.58. The maximum Gasteiger partial charge on any atom is 0.224 e. The Morgan fingerprint density at radius 1 is 1.35 bits per heavy atom. The Morgan fingerprint density at radius 3 is 2.87 bits per heavy atom. The molecule has 0 unspecified atom stereocenters. The third kappa shape index (κ3) is 3.85. The Hall–Kier alpha value is -1.59. The van der Waals surface area contributed by atoms with Gasteiger partial charge in [-0.3, -0.25) is 9.69 Å². The molecule has 0 spiro atoms. The molecule has 2 fully saturated rings. The minimum absolute atomic E-state index is 0.0376. The summed E-state index contributed by atoms with van der Waals surface area (Å²) in [7, 11) is 1.62. The number of aliphatic hydroxyl groups is 1. The lowest BCUT2D eigenvalue weighted by Gasteiger charge is -2.28. The average molecular weight is 318 g/mol. The Labute approximate surface area is 137 Å². The number of carbonyl (C=O) groups excluding carboxylic acids is 1. The maximum atomic E-state index is 12.3. The Morgan fingerprint density at radius 2 is 2.13 bits per heavy atom. The second kappa shape index (κ2) is 7.32. The van der Waals surface area contributed by atoms with Crippen molar-refractivity contribution in [2.75, 3.05) is 20.2 Å². The molecule has 1 saturated heterocycles. The minimum Gasteiger partial charge on any atom is -0.497 e. The summed E-state index contributed by atoms with van der Waals surface area (Å²) < 4.78 is 5.18. The van der Waals surface area contributed by atoms with Crippen LogP contribution in [-0.4, -0.2) is 54.3 Å². The van der Waals surface area contributed by atoms with Gasteiger partial charge < -0.3 is 15.2 Å². The first-order valence-corrected chi connectivity index (χ1v) is 8.52. The number of likely N-dealkylation sites (tertiary alicyclic amines) is 1. The summed E-state index contributed by atoms with van der Waals surface area (Å²) in [4.78, 5) is 14.6. The van der Waals surface area contributed by atoms with Crippen molar-refractivity contribution in [1.82, 2.24) is 10.2 Å². The summed E-state index contributed by atoms with van der Waals surface area (Å²) in [6.45, 7) is 2.15.